The number of hydrogen-bond acceptors (Lipinski definition) is 2. The molecule has 0 amide bonds. The van der Waals surface area contributed by atoms with E-state index < -0.39 is 0 Å². The van der Waals surface area contributed by atoms with Crippen molar-refractivity contribution < 1.29 is 4.79 Å². The Morgan fingerprint density at radius 3 is 2.44 bits per heavy atom. The van der Waals surface area contributed by atoms with Crippen molar-refractivity contribution in [2.24, 2.45) is 0 Å². The highest BCUT2D eigenvalue weighted by atomic mass is 16.1. The van der Waals surface area contributed by atoms with Gasteiger partial charge in [-0.1, -0.05) is 72.8 Å². The minimum Gasteiger partial charge on any atom is -0.373 e. The molecule has 1 aliphatic heterocycles. The second-order valence-electron chi connectivity index (χ2n) is 6.35. The van der Waals surface area contributed by atoms with Gasteiger partial charge >= 0.3 is 0 Å². The number of dihydropyridines is 1. The molecule has 1 heterocycles. The zero-order chi connectivity index (χ0) is 17.2. The average molecular weight is 325 g/mol. The molecule has 2 aromatic rings. The monoisotopic (exact) mass is 325 g/mol. The molecule has 1 atom stereocenters. The molecule has 0 saturated carbocycles. The summed E-state index contributed by atoms with van der Waals surface area (Å²) in [6.07, 6.45) is 9.15. The van der Waals surface area contributed by atoms with Crippen LogP contribution in [-0.4, -0.2) is 12.3 Å². The highest BCUT2D eigenvalue weighted by molar-refractivity contribution is 5.96. The standard InChI is InChI=1S/C23H19NO/c1-16-8-7-11-18-14-19(15-25)23(24-22(16)18)21-13-6-5-12-20(21)17-9-3-2-4-10-17/h2-15,22,24H,1H3. The van der Waals surface area contributed by atoms with Gasteiger partial charge in [-0.15, -0.1) is 0 Å². The van der Waals surface area contributed by atoms with E-state index in [-0.39, 0.29) is 6.04 Å². The Kier molecular flexibility index (Phi) is 3.95. The van der Waals surface area contributed by atoms with E-state index in [9.17, 15) is 4.79 Å². The number of rotatable bonds is 3. The molecule has 25 heavy (non-hydrogen) atoms. The van der Waals surface area contributed by atoms with Gasteiger partial charge in [-0.05, 0) is 35.3 Å². The van der Waals surface area contributed by atoms with E-state index in [0.29, 0.717) is 5.57 Å². The highest BCUT2D eigenvalue weighted by Crippen LogP contribution is 2.34. The second-order valence-corrected chi connectivity index (χ2v) is 6.35. The molecule has 0 saturated heterocycles. The maximum Gasteiger partial charge on any atom is 0.152 e. The predicted octanol–water partition coefficient (Wildman–Crippen LogP) is 4.68. The molecule has 2 nitrogen and oxygen atoms in total. The third-order valence-corrected chi connectivity index (χ3v) is 4.74. The summed E-state index contributed by atoms with van der Waals surface area (Å²) in [6, 6.07) is 18.6. The topological polar surface area (TPSA) is 29.1 Å². The van der Waals surface area contributed by atoms with Crippen LogP contribution in [-0.2, 0) is 4.79 Å². The van der Waals surface area contributed by atoms with Gasteiger partial charge in [0.05, 0.1) is 11.7 Å². The molecular formula is C23H19NO. The van der Waals surface area contributed by atoms with E-state index >= 15 is 0 Å². The van der Waals surface area contributed by atoms with Gasteiger partial charge in [0.15, 0.2) is 6.29 Å². The molecule has 0 aromatic heterocycles. The van der Waals surface area contributed by atoms with Gasteiger partial charge in [0, 0.05) is 11.1 Å². The Morgan fingerprint density at radius 1 is 0.960 bits per heavy atom. The fourth-order valence-corrected chi connectivity index (χ4v) is 3.47. The maximum atomic E-state index is 11.8. The first-order chi connectivity index (χ1) is 12.3. The lowest BCUT2D eigenvalue weighted by atomic mass is 9.87. The summed E-state index contributed by atoms with van der Waals surface area (Å²) in [6.45, 7) is 2.11. The predicted molar refractivity (Wildman–Crippen MR) is 103 cm³/mol. The molecule has 0 spiro atoms. The van der Waals surface area contributed by atoms with Crippen LogP contribution in [0.15, 0.2) is 95.6 Å². The summed E-state index contributed by atoms with van der Waals surface area (Å²) in [5.74, 6) is 0. The first-order valence-electron chi connectivity index (χ1n) is 8.45. The molecule has 4 rings (SSSR count). The smallest absolute Gasteiger partial charge is 0.152 e. The second kappa shape index (κ2) is 6.40. The molecule has 2 aromatic carbocycles. The zero-order valence-electron chi connectivity index (χ0n) is 14.1. The number of fused-ring (bicyclic) bond motifs is 1. The van der Waals surface area contributed by atoms with Crippen LogP contribution in [0.5, 0.6) is 0 Å². The average Bonchev–Trinajstić information content (AvgIpc) is 2.68. The van der Waals surface area contributed by atoms with Crippen LogP contribution in [0.1, 0.15) is 12.5 Å². The minimum atomic E-state index is 0.118. The molecule has 1 unspecified atom stereocenters. The summed E-state index contributed by atoms with van der Waals surface area (Å²) >= 11 is 0. The summed E-state index contributed by atoms with van der Waals surface area (Å²) in [4.78, 5) is 11.8. The summed E-state index contributed by atoms with van der Waals surface area (Å²) in [5, 5.41) is 3.59. The van der Waals surface area contributed by atoms with Gasteiger partial charge in [-0.3, -0.25) is 4.79 Å². The first kappa shape index (κ1) is 15.4. The maximum absolute atomic E-state index is 11.8. The van der Waals surface area contributed by atoms with Gasteiger partial charge in [0.25, 0.3) is 0 Å². The van der Waals surface area contributed by atoms with E-state index in [1.165, 1.54) is 5.57 Å². The quantitative estimate of drug-likeness (QED) is 0.830. The number of nitrogens with one attached hydrogen (secondary N) is 1. The minimum absolute atomic E-state index is 0.118. The SMILES string of the molecule is CC1=CC=CC2=CC(C=O)=C(c3ccccc3-c3ccccc3)NC12. The van der Waals surface area contributed by atoms with Crippen molar-refractivity contribution in [1.82, 2.24) is 5.32 Å². The van der Waals surface area contributed by atoms with Crippen molar-refractivity contribution >= 4 is 12.0 Å². The van der Waals surface area contributed by atoms with Crippen molar-refractivity contribution in [1.29, 1.82) is 0 Å². The van der Waals surface area contributed by atoms with Crippen LogP contribution in [0.2, 0.25) is 0 Å². The lowest BCUT2D eigenvalue weighted by Crippen LogP contribution is -2.35. The molecule has 1 aliphatic carbocycles. The van der Waals surface area contributed by atoms with Crippen LogP contribution in [0, 0.1) is 0 Å². The molecular weight excluding hydrogens is 306 g/mol. The van der Waals surface area contributed by atoms with Gasteiger partial charge in [-0.25, -0.2) is 0 Å². The van der Waals surface area contributed by atoms with Gasteiger partial charge in [-0.2, -0.15) is 0 Å². The van der Waals surface area contributed by atoms with E-state index in [0.717, 1.165) is 34.2 Å². The molecule has 2 aliphatic rings. The number of carbonyl (C=O) groups excluding carboxylic acids is 1. The van der Waals surface area contributed by atoms with E-state index in [4.69, 9.17) is 0 Å². The first-order valence-corrected chi connectivity index (χ1v) is 8.45. The van der Waals surface area contributed by atoms with Crippen LogP contribution in [0.3, 0.4) is 0 Å². The van der Waals surface area contributed by atoms with Crippen molar-refractivity contribution in [3.05, 3.63) is 101 Å². The largest absolute Gasteiger partial charge is 0.373 e. The van der Waals surface area contributed by atoms with Crippen LogP contribution < -0.4 is 5.32 Å². The molecule has 1 N–H and O–H groups in total. The molecule has 0 radical (unpaired) electrons. The lowest BCUT2D eigenvalue weighted by molar-refractivity contribution is -0.104. The zero-order valence-corrected chi connectivity index (χ0v) is 14.1. The molecule has 0 bridgehead atoms. The fourth-order valence-electron chi connectivity index (χ4n) is 3.47. The van der Waals surface area contributed by atoms with Crippen molar-refractivity contribution in [3.63, 3.8) is 0 Å². The number of benzene rings is 2. The molecule has 2 heteroatoms. The summed E-state index contributed by atoms with van der Waals surface area (Å²) in [7, 11) is 0. The van der Waals surface area contributed by atoms with E-state index in [1.807, 2.05) is 42.5 Å². The molecule has 0 fully saturated rings. The number of hydrogen-bond donors (Lipinski definition) is 1. The number of aldehydes is 1. The normalized spacial score (nSPS) is 18.8. The number of allylic oxidation sites excluding steroid dienone is 4. The van der Waals surface area contributed by atoms with Crippen LogP contribution in [0.25, 0.3) is 16.8 Å². The van der Waals surface area contributed by atoms with Crippen molar-refractivity contribution in [2.75, 3.05) is 0 Å². The number of carbonyl (C=O) groups is 1. The molecule has 122 valence electrons. The summed E-state index contributed by atoms with van der Waals surface area (Å²) < 4.78 is 0. The Morgan fingerprint density at radius 2 is 1.68 bits per heavy atom. The Labute approximate surface area is 147 Å². The highest BCUT2D eigenvalue weighted by Gasteiger charge is 2.25. The Balaban J connectivity index is 1.88. The van der Waals surface area contributed by atoms with E-state index in [1.54, 1.807) is 0 Å². The van der Waals surface area contributed by atoms with Crippen molar-refractivity contribution in [2.45, 2.75) is 13.0 Å². The van der Waals surface area contributed by atoms with Crippen LogP contribution in [0.4, 0.5) is 0 Å². The van der Waals surface area contributed by atoms with Gasteiger partial charge in [0.1, 0.15) is 0 Å². The lowest BCUT2D eigenvalue weighted by Gasteiger charge is -2.31. The third-order valence-electron chi connectivity index (χ3n) is 4.74. The van der Waals surface area contributed by atoms with E-state index in [2.05, 4.69) is 48.7 Å². The van der Waals surface area contributed by atoms with Crippen molar-refractivity contribution in [3.8, 4) is 11.1 Å². The van der Waals surface area contributed by atoms with Crippen LogP contribution >= 0.6 is 0 Å². The summed E-state index contributed by atoms with van der Waals surface area (Å²) in [5.41, 5.74) is 7.27. The fraction of sp³-hybridized carbons (Fsp3) is 0.0870. The Bertz CT molecular complexity index is 945. The third kappa shape index (κ3) is 2.76. The van der Waals surface area contributed by atoms with Gasteiger partial charge < -0.3 is 5.32 Å². The van der Waals surface area contributed by atoms with Gasteiger partial charge in [0.2, 0.25) is 0 Å². The Hall–Kier alpha value is -3.13.